The van der Waals surface area contributed by atoms with Gasteiger partial charge in [0.2, 0.25) is 5.91 Å². The molecule has 0 aromatic heterocycles. The second-order valence-corrected chi connectivity index (χ2v) is 6.05. The van der Waals surface area contributed by atoms with Crippen LogP contribution in [0.4, 0.5) is 13.2 Å². The van der Waals surface area contributed by atoms with Gasteiger partial charge in [-0.25, -0.2) is 0 Å². The molecule has 132 valence electrons. The van der Waals surface area contributed by atoms with E-state index in [1.54, 1.807) is 0 Å². The van der Waals surface area contributed by atoms with Crippen LogP contribution in [0.1, 0.15) is 46.0 Å². The highest BCUT2D eigenvalue weighted by Gasteiger charge is 2.33. The molecule has 0 aliphatic carbocycles. The highest BCUT2D eigenvalue weighted by Crippen LogP contribution is 2.26. The molecule has 1 atom stereocenters. The molecule has 1 aliphatic heterocycles. The Morgan fingerprint density at radius 3 is 2.41 bits per heavy atom. The zero-order chi connectivity index (χ0) is 15.9. The molecule has 3 nitrogen and oxygen atoms in total. The van der Waals surface area contributed by atoms with Crippen LogP contribution in [-0.2, 0) is 4.79 Å². The molecule has 0 bridgehead atoms. The molecular formula is C15H28ClF3N2O. The van der Waals surface area contributed by atoms with E-state index >= 15 is 0 Å². The Morgan fingerprint density at radius 2 is 1.91 bits per heavy atom. The van der Waals surface area contributed by atoms with Crippen molar-refractivity contribution in [2.24, 2.45) is 11.8 Å². The van der Waals surface area contributed by atoms with Crippen molar-refractivity contribution >= 4 is 18.3 Å². The Morgan fingerprint density at radius 1 is 1.32 bits per heavy atom. The minimum atomic E-state index is -4.32. The summed E-state index contributed by atoms with van der Waals surface area (Å²) in [5, 5.41) is 3.26. The van der Waals surface area contributed by atoms with Gasteiger partial charge in [-0.05, 0) is 44.2 Å². The molecule has 1 amide bonds. The summed E-state index contributed by atoms with van der Waals surface area (Å²) in [6, 6.07) is 0. The number of nitrogens with one attached hydrogen (secondary N) is 1. The molecule has 0 spiro atoms. The van der Waals surface area contributed by atoms with Crippen LogP contribution in [0.5, 0.6) is 0 Å². The summed E-state index contributed by atoms with van der Waals surface area (Å²) < 4.78 is 37.7. The topological polar surface area (TPSA) is 32.3 Å². The van der Waals surface area contributed by atoms with Crippen LogP contribution in [0.15, 0.2) is 0 Å². The van der Waals surface area contributed by atoms with Crippen LogP contribution in [-0.4, -0.2) is 43.2 Å². The molecule has 0 aromatic carbocycles. The van der Waals surface area contributed by atoms with E-state index in [0.29, 0.717) is 12.3 Å². The number of unbranched alkanes of at least 4 members (excludes halogenated alkanes) is 1. The van der Waals surface area contributed by atoms with Gasteiger partial charge in [-0.3, -0.25) is 4.79 Å². The van der Waals surface area contributed by atoms with Crippen LogP contribution >= 0.6 is 12.4 Å². The number of hydrogen-bond donors (Lipinski definition) is 1. The van der Waals surface area contributed by atoms with Crippen LogP contribution in [0.3, 0.4) is 0 Å². The SMILES string of the molecule is CCCCN(CC(F)(F)F)C(=O)CC(C)C1CCNCC1.Cl. The maximum Gasteiger partial charge on any atom is 0.406 e. The maximum absolute atomic E-state index is 12.6. The van der Waals surface area contributed by atoms with Crippen molar-refractivity contribution in [2.45, 2.75) is 52.1 Å². The first-order valence-electron chi connectivity index (χ1n) is 7.88. The lowest BCUT2D eigenvalue weighted by atomic mass is 9.84. The Hall–Kier alpha value is -0.490. The predicted molar refractivity (Wildman–Crippen MR) is 84.2 cm³/mol. The minimum Gasteiger partial charge on any atom is -0.334 e. The van der Waals surface area contributed by atoms with Crippen molar-refractivity contribution in [3.63, 3.8) is 0 Å². The van der Waals surface area contributed by atoms with E-state index in [0.717, 1.165) is 37.3 Å². The molecular weight excluding hydrogens is 317 g/mol. The number of hydrogen-bond acceptors (Lipinski definition) is 2. The lowest BCUT2D eigenvalue weighted by molar-refractivity contribution is -0.162. The molecule has 1 aliphatic rings. The van der Waals surface area contributed by atoms with E-state index in [4.69, 9.17) is 0 Å². The molecule has 1 unspecified atom stereocenters. The fourth-order valence-electron chi connectivity index (χ4n) is 2.84. The maximum atomic E-state index is 12.6. The molecule has 0 aromatic rings. The third-order valence-corrected chi connectivity index (χ3v) is 4.19. The largest absolute Gasteiger partial charge is 0.406 e. The van der Waals surface area contributed by atoms with E-state index in [9.17, 15) is 18.0 Å². The summed E-state index contributed by atoms with van der Waals surface area (Å²) in [5.41, 5.74) is 0. The summed E-state index contributed by atoms with van der Waals surface area (Å²) >= 11 is 0. The monoisotopic (exact) mass is 344 g/mol. The first-order valence-corrected chi connectivity index (χ1v) is 7.88. The second-order valence-electron chi connectivity index (χ2n) is 6.05. The number of alkyl halides is 3. The average Bonchev–Trinajstić information content (AvgIpc) is 2.43. The molecule has 1 heterocycles. The highest BCUT2D eigenvalue weighted by molar-refractivity contribution is 5.85. The Kier molecular flexibility index (Phi) is 10.1. The summed E-state index contributed by atoms with van der Waals surface area (Å²) in [4.78, 5) is 13.2. The molecule has 1 N–H and O–H groups in total. The molecule has 7 heteroatoms. The summed E-state index contributed by atoms with van der Waals surface area (Å²) in [6.07, 6.45) is -0.688. The predicted octanol–water partition coefficient (Wildman–Crippen LogP) is 3.63. The van der Waals surface area contributed by atoms with Gasteiger partial charge in [-0.15, -0.1) is 12.4 Å². The fourth-order valence-corrected chi connectivity index (χ4v) is 2.84. The number of halogens is 4. The van der Waals surface area contributed by atoms with Crippen molar-refractivity contribution < 1.29 is 18.0 Å². The lowest BCUT2D eigenvalue weighted by Gasteiger charge is -2.30. The first kappa shape index (κ1) is 21.5. The molecule has 0 saturated carbocycles. The van der Waals surface area contributed by atoms with Gasteiger partial charge < -0.3 is 10.2 Å². The Labute approximate surface area is 137 Å². The van der Waals surface area contributed by atoms with Crippen molar-refractivity contribution in [3.8, 4) is 0 Å². The van der Waals surface area contributed by atoms with E-state index in [1.807, 2.05) is 13.8 Å². The minimum absolute atomic E-state index is 0. The van der Waals surface area contributed by atoms with Gasteiger partial charge in [-0.1, -0.05) is 20.3 Å². The Balaban J connectivity index is 0.00000441. The fraction of sp³-hybridized carbons (Fsp3) is 0.933. The number of piperidine rings is 1. The van der Waals surface area contributed by atoms with Crippen molar-refractivity contribution in [2.75, 3.05) is 26.2 Å². The van der Waals surface area contributed by atoms with E-state index < -0.39 is 12.7 Å². The smallest absolute Gasteiger partial charge is 0.334 e. The van der Waals surface area contributed by atoms with Crippen molar-refractivity contribution in [1.82, 2.24) is 10.2 Å². The number of rotatable bonds is 7. The number of nitrogens with zero attached hydrogens (tertiary/aromatic N) is 1. The zero-order valence-electron chi connectivity index (χ0n) is 13.4. The molecule has 1 rings (SSSR count). The zero-order valence-corrected chi connectivity index (χ0v) is 14.2. The van der Waals surface area contributed by atoms with Crippen LogP contribution in [0.2, 0.25) is 0 Å². The van der Waals surface area contributed by atoms with Gasteiger partial charge in [-0.2, -0.15) is 13.2 Å². The van der Waals surface area contributed by atoms with E-state index in [-0.39, 0.29) is 37.2 Å². The average molecular weight is 345 g/mol. The van der Waals surface area contributed by atoms with Gasteiger partial charge >= 0.3 is 6.18 Å². The van der Waals surface area contributed by atoms with Crippen LogP contribution < -0.4 is 5.32 Å². The molecule has 1 fully saturated rings. The van der Waals surface area contributed by atoms with Crippen molar-refractivity contribution in [3.05, 3.63) is 0 Å². The lowest BCUT2D eigenvalue weighted by Crippen LogP contribution is -2.41. The van der Waals surface area contributed by atoms with Crippen molar-refractivity contribution in [1.29, 1.82) is 0 Å². The number of carbonyl (C=O) groups excluding carboxylic acids is 1. The molecule has 1 saturated heterocycles. The molecule has 0 radical (unpaired) electrons. The van der Waals surface area contributed by atoms with Crippen LogP contribution in [0.25, 0.3) is 0 Å². The van der Waals surface area contributed by atoms with Gasteiger partial charge in [0.1, 0.15) is 6.54 Å². The summed E-state index contributed by atoms with van der Waals surface area (Å²) in [6.45, 7) is 4.85. The molecule has 22 heavy (non-hydrogen) atoms. The third-order valence-electron chi connectivity index (χ3n) is 4.19. The van der Waals surface area contributed by atoms with Gasteiger partial charge in [0.15, 0.2) is 0 Å². The normalized spacial score (nSPS) is 17.7. The van der Waals surface area contributed by atoms with Gasteiger partial charge in [0.25, 0.3) is 0 Å². The summed E-state index contributed by atoms with van der Waals surface area (Å²) in [7, 11) is 0. The number of amides is 1. The quantitative estimate of drug-likeness (QED) is 0.765. The van der Waals surface area contributed by atoms with E-state index in [2.05, 4.69) is 5.32 Å². The van der Waals surface area contributed by atoms with Crippen LogP contribution in [0, 0.1) is 11.8 Å². The third kappa shape index (κ3) is 8.22. The number of carbonyl (C=O) groups is 1. The standard InChI is InChI=1S/C15H27F3N2O.ClH/c1-3-4-9-20(11-15(16,17)18)14(21)10-12(2)13-5-7-19-8-6-13;/h12-13,19H,3-11H2,1-2H3;1H. The van der Waals surface area contributed by atoms with Gasteiger partial charge in [0, 0.05) is 13.0 Å². The van der Waals surface area contributed by atoms with E-state index in [1.165, 1.54) is 0 Å². The Bertz CT molecular complexity index is 320. The summed E-state index contributed by atoms with van der Waals surface area (Å²) in [5.74, 6) is 0.234. The second kappa shape index (κ2) is 10.3. The van der Waals surface area contributed by atoms with Gasteiger partial charge in [0.05, 0.1) is 0 Å². The first-order chi connectivity index (χ1) is 9.83. The highest BCUT2D eigenvalue weighted by atomic mass is 35.5.